The van der Waals surface area contributed by atoms with Crippen molar-refractivity contribution in [2.45, 2.75) is 6.04 Å². The highest BCUT2D eigenvalue weighted by molar-refractivity contribution is 9.11. The highest BCUT2D eigenvalue weighted by Gasteiger charge is 2.14. The Bertz CT molecular complexity index is 385. The monoisotopic (exact) mass is 350 g/mol. The van der Waals surface area contributed by atoms with E-state index >= 15 is 0 Å². The first-order valence-corrected chi connectivity index (χ1v) is 6.13. The Morgan fingerprint density at radius 2 is 2.25 bits per heavy atom. The molecule has 1 aromatic rings. The van der Waals surface area contributed by atoms with E-state index in [9.17, 15) is 4.79 Å². The van der Waals surface area contributed by atoms with E-state index in [0.717, 1.165) is 8.95 Å². The summed E-state index contributed by atoms with van der Waals surface area (Å²) in [4.78, 5) is 11.6. The Morgan fingerprint density at radius 3 is 2.81 bits per heavy atom. The Labute approximate surface area is 111 Å². The van der Waals surface area contributed by atoms with Crippen LogP contribution in [-0.2, 0) is 9.53 Å². The first-order valence-electron chi connectivity index (χ1n) is 4.55. The summed E-state index contributed by atoms with van der Waals surface area (Å²) < 4.78 is 6.53. The quantitative estimate of drug-likeness (QED) is 0.873. The molecular formula is C10H12Br2N2O2. The van der Waals surface area contributed by atoms with E-state index in [-0.39, 0.29) is 12.5 Å². The minimum atomic E-state index is -0.666. The van der Waals surface area contributed by atoms with Gasteiger partial charge in [0, 0.05) is 16.1 Å². The molecule has 1 amide bonds. The number of amides is 1. The third kappa shape index (κ3) is 3.86. The van der Waals surface area contributed by atoms with Gasteiger partial charge in [-0.3, -0.25) is 4.79 Å². The molecule has 0 aliphatic carbocycles. The van der Waals surface area contributed by atoms with Crippen LogP contribution in [0.15, 0.2) is 27.1 Å². The van der Waals surface area contributed by atoms with Gasteiger partial charge in [0.2, 0.25) is 5.91 Å². The maximum absolute atomic E-state index is 11.6. The molecule has 6 heteroatoms. The predicted molar refractivity (Wildman–Crippen MR) is 70.3 cm³/mol. The van der Waals surface area contributed by atoms with Gasteiger partial charge in [-0.05, 0) is 34.1 Å². The Balaban J connectivity index is 2.69. The second-order valence-electron chi connectivity index (χ2n) is 3.18. The van der Waals surface area contributed by atoms with Gasteiger partial charge in [0.1, 0.15) is 6.04 Å². The molecule has 1 unspecified atom stereocenters. The Hall–Kier alpha value is -0.430. The van der Waals surface area contributed by atoms with Crippen LogP contribution in [0.25, 0.3) is 0 Å². The molecule has 0 spiro atoms. The number of halogens is 2. The molecule has 88 valence electrons. The maximum atomic E-state index is 11.6. The molecule has 1 atom stereocenters. The van der Waals surface area contributed by atoms with Gasteiger partial charge in [-0.25, -0.2) is 0 Å². The smallest absolute Gasteiger partial charge is 0.243 e. The van der Waals surface area contributed by atoms with Crippen molar-refractivity contribution in [1.82, 2.24) is 0 Å². The van der Waals surface area contributed by atoms with Crippen LogP contribution < -0.4 is 11.1 Å². The number of nitrogens with two attached hydrogens (primary N) is 1. The second kappa shape index (κ2) is 6.34. The first kappa shape index (κ1) is 13.6. The third-order valence-electron chi connectivity index (χ3n) is 1.87. The summed E-state index contributed by atoms with van der Waals surface area (Å²) in [6, 6.07) is 4.80. The minimum absolute atomic E-state index is 0.194. The minimum Gasteiger partial charge on any atom is -0.383 e. The number of methoxy groups -OCH3 is 1. The second-order valence-corrected chi connectivity index (χ2v) is 4.95. The summed E-state index contributed by atoms with van der Waals surface area (Å²) in [5, 5.41) is 2.71. The fourth-order valence-electron chi connectivity index (χ4n) is 1.07. The number of carbonyl (C=O) groups excluding carboxylic acids is 1. The number of ether oxygens (including phenoxy) is 1. The van der Waals surface area contributed by atoms with Crippen LogP contribution in [-0.4, -0.2) is 25.7 Å². The van der Waals surface area contributed by atoms with E-state index in [0.29, 0.717) is 5.69 Å². The summed E-state index contributed by atoms with van der Waals surface area (Å²) in [5.74, 6) is -0.273. The van der Waals surface area contributed by atoms with Crippen molar-refractivity contribution in [2.24, 2.45) is 5.73 Å². The van der Waals surface area contributed by atoms with E-state index < -0.39 is 6.04 Å². The van der Waals surface area contributed by atoms with Crippen molar-refractivity contribution in [2.75, 3.05) is 19.0 Å². The lowest BCUT2D eigenvalue weighted by molar-refractivity contribution is -0.118. The molecule has 0 bridgehead atoms. The van der Waals surface area contributed by atoms with Crippen molar-refractivity contribution < 1.29 is 9.53 Å². The van der Waals surface area contributed by atoms with Crippen molar-refractivity contribution in [1.29, 1.82) is 0 Å². The van der Waals surface area contributed by atoms with Crippen molar-refractivity contribution >= 4 is 43.5 Å². The number of rotatable bonds is 4. The van der Waals surface area contributed by atoms with Crippen molar-refractivity contribution in [3.63, 3.8) is 0 Å². The summed E-state index contributed by atoms with van der Waals surface area (Å²) in [7, 11) is 1.50. The number of anilines is 1. The van der Waals surface area contributed by atoms with Gasteiger partial charge in [0.25, 0.3) is 0 Å². The normalized spacial score (nSPS) is 12.2. The Morgan fingerprint density at radius 1 is 1.56 bits per heavy atom. The van der Waals surface area contributed by atoms with Gasteiger partial charge in [-0.2, -0.15) is 0 Å². The molecular weight excluding hydrogens is 340 g/mol. The zero-order chi connectivity index (χ0) is 12.1. The molecule has 0 radical (unpaired) electrons. The molecule has 4 nitrogen and oxygen atoms in total. The van der Waals surface area contributed by atoms with Crippen molar-refractivity contribution in [3.05, 3.63) is 27.1 Å². The summed E-state index contributed by atoms with van der Waals surface area (Å²) in [6.07, 6.45) is 0. The number of hydrogen-bond acceptors (Lipinski definition) is 3. The van der Waals surface area contributed by atoms with E-state index in [1.165, 1.54) is 7.11 Å². The lowest BCUT2D eigenvalue weighted by Crippen LogP contribution is -2.39. The molecule has 0 aliphatic rings. The largest absolute Gasteiger partial charge is 0.383 e. The van der Waals surface area contributed by atoms with Crippen LogP contribution in [0.5, 0.6) is 0 Å². The molecule has 1 rings (SSSR count). The van der Waals surface area contributed by atoms with E-state index in [2.05, 4.69) is 37.2 Å². The number of benzene rings is 1. The summed E-state index contributed by atoms with van der Waals surface area (Å²) in [5.41, 5.74) is 6.27. The molecule has 0 saturated heterocycles. The highest BCUT2D eigenvalue weighted by atomic mass is 79.9. The number of nitrogens with one attached hydrogen (secondary N) is 1. The standard InChI is InChI=1S/C10H12Br2N2O2/c1-16-5-8(13)10(15)14-9-3-2-6(11)4-7(9)12/h2-4,8H,5,13H2,1H3,(H,14,15). The average molecular weight is 352 g/mol. The average Bonchev–Trinajstić information content (AvgIpc) is 2.22. The molecule has 3 N–H and O–H groups in total. The van der Waals surface area contributed by atoms with Crippen molar-refractivity contribution in [3.8, 4) is 0 Å². The van der Waals surface area contributed by atoms with Gasteiger partial charge in [0.15, 0.2) is 0 Å². The van der Waals surface area contributed by atoms with Crippen LogP contribution >= 0.6 is 31.9 Å². The lowest BCUT2D eigenvalue weighted by Gasteiger charge is -2.12. The zero-order valence-corrected chi connectivity index (χ0v) is 11.8. The van der Waals surface area contributed by atoms with E-state index in [1.54, 1.807) is 6.07 Å². The van der Waals surface area contributed by atoms with Crippen LogP contribution in [0.2, 0.25) is 0 Å². The zero-order valence-electron chi connectivity index (χ0n) is 8.67. The fourth-order valence-corrected chi connectivity index (χ4v) is 2.22. The topological polar surface area (TPSA) is 64.3 Å². The van der Waals surface area contributed by atoms with Gasteiger partial charge in [-0.1, -0.05) is 15.9 Å². The Kier molecular flexibility index (Phi) is 5.40. The third-order valence-corrected chi connectivity index (χ3v) is 3.02. The van der Waals surface area contributed by atoms with Gasteiger partial charge in [0.05, 0.1) is 12.3 Å². The first-order chi connectivity index (χ1) is 7.54. The van der Waals surface area contributed by atoms with Crippen LogP contribution in [0.4, 0.5) is 5.69 Å². The van der Waals surface area contributed by atoms with Crippen LogP contribution in [0, 0.1) is 0 Å². The lowest BCUT2D eigenvalue weighted by atomic mass is 10.2. The molecule has 16 heavy (non-hydrogen) atoms. The predicted octanol–water partition coefficient (Wildman–Crippen LogP) is 2.12. The van der Waals surface area contributed by atoms with Gasteiger partial charge in [-0.15, -0.1) is 0 Å². The SMILES string of the molecule is COCC(N)C(=O)Nc1ccc(Br)cc1Br. The van der Waals surface area contributed by atoms with Gasteiger partial charge >= 0.3 is 0 Å². The molecule has 1 aromatic carbocycles. The van der Waals surface area contributed by atoms with Gasteiger partial charge < -0.3 is 15.8 Å². The summed E-state index contributed by atoms with van der Waals surface area (Å²) >= 11 is 6.68. The molecule has 0 aromatic heterocycles. The van der Waals surface area contributed by atoms with Crippen LogP contribution in [0.3, 0.4) is 0 Å². The number of carbonyl (C=O) groups is 1. The molecule has 0 saturated carbocycles. The highest BCUT2D eigenvalue weighted by Crippen LogP contribution is 2.26. The summed E-state index contributed by atoms with van der Waals surface area (Å²) in [6.45, 7) is 0.194. The van der Waals surface area contributed by atoms with Crippen LogP contribution in [0.1, 0.15) is 0 Å². The van der Waals surface area contributed by atoms with E-state index in [4.69, 9.17) is 10.5 Å². The maximum Gasteiger partial charge on any atom is 0.243 e. The molecule has 0 fully saturated rings. The molecule has 0 aliphatic heterocycles. The fraction of sp³-hybridized carbons (Fsp3) is 0.300. The number of hydrogen-bond donors (Lipinski definition) is 2. The van der Waals surface area contributed by atoms with E-state index in [1.807, 2.05) is 12.1 Å². The molecule has 0 heterocycles.